The van der Waals surface area contributed by atoms with Crippen LogP contribution in [0.5, 0.6) is 0 Å². The predicted octanol–water partition coefficient (Wildman–Crippen LogP) is 1.38. The van der Waals surface area contributed by atoms with Gasteiger partial charge in [-0.25, -0.2) is 4.68 Å². The van der Waals surface area contributed by atoms with Crippen LogP contribution in [-0.4, -0.2) is 26.9 Å². The first-order valence-corrected chi connectivity index (χ1v) is 5.17. The summed E-state index contributed by atoms with van der Waals surface area (Å²) in [6.45, 7) is 0.618. The number of rotatable bonds is 1. The van der Waals surface area contributed by atoms with Gasteiger partial charge in [0.25, 0.3) is 5.95 Å². The number of nitrogens with one attached hydrogen (secondary N) is 1. The van der Waals surface area contributed by atoms with E-state index >= 15 is 0 Å². The van der Waals surface area contributed by atoms with E-state index in [4.69, 9.17) is 11.6 Å². The Balaban J connectivity index is 2.10. The molecule has 1 N–H and O–H groups in total. The lowest BCUT2D eigenvalue weighted by Gasteiger charge is -2.14. The van der Waals surface area contributed by atoms with Crippen molar-refractivity contribution in [2.24, 2.45) is 7.05 Å². The molecule has 3 rings (SSSR count). The number of aryl methyl sites for hydroxylation is 1. The Morgan fingerprint density at radius 3 is 3.06 bits per heavy atom. The van der Waals surface area contributed by atoms with Gasteiger partial charge >= 0.3 is 0 Å². The van der Waals surface area contributed by atoms with Crippen LogP contribution in [0.25, 0.3) is 0 Å². The van der Waals surface area contributed by atoms with Crippen molar-refractivity contribution in [1.29, 1.82) is 0 Å². The number of anilines is 3. The zero-order valence-electron chi connectivity index (χ0n) is 8.55. The van der Waals surface area contributed by atoms with Gasteiger partial charge in [0, 0.05) is 7.05 Å². The maximum absolute atomic E-state index is 6.09. The molecule has 0 fully saturated rings. The molecule has 16 heavy (non-hydrogen) atoms. The molecule has 0 amide bonds. The molecule has 7 heteroatoms. The van der Waals surface area contributed by atoms with Crippen molar-refractivity contribution in [3.63, 3.8) is 0 Å². The minimum absolute atomic E-state index is 0.618. The van der Waals surface area contributed by atoms with Crippen LogP contribution in [0.2, 0.25) is 5.02 Å². The molecule has 0 saturated heterocycles. The van der Waals surface area contributed by atoms with Crippen LogP contribution >= 0.6 is 11.6 Å². The third-order valence-electron chi connectivity index (χ3n) is 2.54. The number of tetrazole rings is 1. The number of halogens is 1. The average molecular weight is 237 g/mol. The Bertz CT molecular complexity index is 537. The lowest BCUT2D eigenvalue weighted by Crippen LogP contribution is -2.20. The molecule has 0 spiro atoms. The van der Waals surface area contributed by atoms with Crippen molar-refractivity contribution in [2.45, 2.75) is 0 Å². The number of nitrogens with zero attached hydrogens (tertiary/aromatic N) is 5. The summed E-state index contributed by atoms with van der Waals surface area (Å²) >= 11 is 6.09. The van der Waals surface area contributed by atoms with Crippen LogP contribution in [-0.2, 0) is 7.05 Å². The Morgan fingerprint density at radius 1 is 1.44 bits per heavy atom. The number of hydrogen-bond donors (Lipinski definition) is 1. The Morgan fingerprint density at radius 2 is 2.31 bits per heavy atom. The first-order valence-electron chi connectivity index (χ1n) is 4.79. The topological polar surface area (TPSA) is 58.9 Å². The van der Waals surface area contributed by atoms with Gasteiger partial charge in [-0.15, -0.1) is 0 Å². The number of aromatic nitrogens is 4. The maximum atomic E-state index is 6.09. The fourth-order valence-corrected chi connectivity index (χ4v) is 2.02. The highest BCUT2D eigenvalue weighted by Gasteiger charge is 2.25. The Hall–Kier alpha value is -1.82. The van der Waals surface area contributed by atoms with Gasteiger partial charge in [0.15, 0.2) is 0 Å². The Kier molecular flexibility index (Phi) is 1.97. The normalized spacial score (nSPS) is 13.8. The number of para-hydroxylation sites is 1. The zero-order chi connectivity index (χ0) is 11.1. The van der Waals surface area contributed by atoms with Crippen molar-refractivity contribution >= 4 is 28.9 Å². The van der Waals surface area contributed by atoms with E-state index in [0.717, 1.165) is 11.4 Å². The number of fused-ring (bicyclic) bond motifs is 1. The van der Waals surface area contributed by atoms with Gasteiger partial charge in [-0.1, -0.05) is 22.8 Å². The third-order valence-corrected chi connectivity index (χ3v) is 2.85. The van der Waals surface area contributed by atoms with E-state index < -0.39 is 0 Å². The van der Waals surface area contributed by atoms with Gasteiger partial charge < -0.3 is 5.32 Å². The highest BCUT2D eigenvalue weighted by Crippen LogP contribution is 2.39. The summed E-state index contributed by atoms with van der Waals surface area (Å²) in [6, 6.07) is 5.74. The smallest absolute Gasteiger partial charge is 0.251 e. The second-order valence-corrected chi connectivity index (χ2v) is 3.91. The van der Waals surface area contributed by atoms with Crippen LogP contribution in [0.15, 0.2) is 18.2 Å². The van der Waals surface area contributed by atoms with Crippen molar-refractivity contribution in [1.82, 2.24) is 20.2 Å². The van der Waals surface area contributed by atoms with Crippen LogP contribution < -0.4 is 10.2 Å². The maximum Gasteiger partial charge on any atom is 0.251 e. The summed E-state index contributed by atoms with van der Waals surface area (Å²) in [5.41, 5.74) is 1.91. The van der Waals surface area contributed by atoms with Gasteiger partial charge in [0.2, 0.25) is 0 Å². The van der Waals surface area contributed by atoms with E-state index in [-0.39, 0.29) is 0 Å². The fraction of sp³-hybridized carbons (Fsp3) is 0.222. The highest BCUT2D eigenvalue weighted by atomic mass is 35.5. The van der Waals surface area contributed by atoms with E-state index in [1.807, 2.05) is 23.1 Å². The number of hydrogen-bond acceptors (Lipinski definition) is 5. The van der Waals surface area contributed by atoms with Gasteiger partial charge in [-0.3, -0.25) is 4.90 Å². The quantitative estimate of drug-likeness (QED) is 0.811. The molecular weight excluding hydrogens is 228 g/mol. The first kappa shape index (κ1) is 9.41. The molecule has 1 aliphatic heterocycles. The zero-order valence-corrected chi connectivity index (χ0v) is 9.31. The molecule has 0 bridgehead atoms. The predicted molar refractivity (Wildman–Crippen MR) is 60.9 cm³/mol. The Labute approximate surface area is 96.8 Å². The second-order valence-electron chi connectivity index (χ2n) is 3.50. The van der Waals surface area contributed by atoms with E-state index in [0.29, 0.717) is 17.6 Å². The van der Waals surface area contributed by atoms with Gasteiger partial charge in [-0.05, 0) is 22.6 Å². The highest BCUT2D eigenvalue weighted by molar-refractivity contribution is 6.34. The lowest BCUT2D eigenvalue weighted by atomic mass is 10.3. The largest absolute Gasteiger partial charge is 0.364 e. The van der Waals surface area contributed by atoms with Crippen molar-refractivity contribution < 1.29 is 0 Å². The van der Waals surface area contributed by atoms with E-state index in [9.17, 15) is 0 Å². The van der Waals surface area contributed by atoms with Gasteiger partial charge in [0.05, 0.1) is 23.1 Å². The lowest BCUT2D eigenvalue weighted by molar-refractivity contribution is 0.706. The molecule has 1 aliphatic rings. The van der Waals surface area contributed by atoms with Gasteiger partial charge in [0.1, 0.15) is 0 Å². The molecule has 82 valence electrons. The van der Waals surface area contributed by atoms with Crippen LogP contribution in [0, 0.1) is 0 Å². The SMILES string of the molecule is Cn1nnnc1N1CNc2c(Cl)cccc21. The average Bonchev–Trinajstić information content (AvgIpc) is 2.84. The molecular formula is C9H9ClN6. The molecule has 1 aromatic carbocycles. The molecule has 2 heterocycles. The van der Waals surface area contributed by atoms with E-state index in [2.05, 4.69) is 20.8 Å². The van der Waals surface area contributed by atoms with Crippen molar-refractivity contribution in [3.05, 3.63) is 23.2 Å². The molecule has 0 atom stereocenters. The molecule has 0 unspecified atom stereocenters. The van der Waals surface area contributed by atoms with Crippen LogP contribution in [0.1, 0.15) is 0 Å². The number of benzene rings is 1. The standard InChI is InChI=1S/C9H9ClN6/c1-15-9(12-13-14-15)16-5-11-8-6(10)3-2-4-7(8)16/h2-4,11H,5H2,1H3. The fourth-order valence-electron chi connectivity index (χ4n) is 1.79. The third kappa shape index (κ3) is 1.23. The second kappa shape index (κ2) is 3.34. The van der Waals surface area contributed by atoms with Crippen LogP contribution in [0.3, 0.4) is 0 Å². The summed E-state index contributed by atoms with van der Waals surface area (Å²) in [6.07, 6.45) is 0. The minimum atomic E-state index is 0.618. The molecule has 6 nitrogen and oxygen atoms in total. The molecule has 0 saturated carbocycles. The molecule has 1 aromatic heterocycles. The van der Waals surface area contributed by atoms with Crippen molar-refractivity contribution in [2.75, 3.05) is 16.9 Å². The summed E-state index contributed by atoms with van der Waals surface area (Å²) < 4.78 is 1.62. The first-order chi connectivity index (χ1) is 7.77. The van der Waals surface area contributed by atoms with E-state index in [1.54, 1.807) is 11.7 Å². The summed E-state index contributed by atoms with van der Waals surface area (Å²) in [5.74, 6) is 0.688. The van der Waals surface area contributed by atoms with Crippen molar-refractivity contribution in [3.8, 4) is 0 Å². The summed E-state index contributed by atoms with van der Waals surface area (Å²) in [4.78, 5) is 1.97. The molecule has 2 aromatic rings. The minimum Gasteiger partial charge on any atom is -0.364 e. The summed E-state index contributed by atoms with van der Waals surface area (Å²) in [5, 5.41) is 15.3. The molecule has 0 aliphatic carbocycles. The van der Waals surface area contributed by atoms with Gasteiger partial charge in [-0.2, -0.15) is 0 Å². The van der Waals surface area contributed by atoms with E-state index in [1.165, 1.54) is 0 Å². The monoisotopic (exact) mass is 236 g/mol. The molecule has 0 radical (unpaired) electrons. The summed E-state index contributed by atoms with van der Waals surface area (Å²) in [7, 11) is 1.80. The van der Waals surface area contributed by atoms with Crippen LogP contribution in [0.4, 0.5) is 17.3 Å².